The van der Waals surface area contributed by atoms with Crippen LogP contribution in [0.3, 0.4) is 0 Å². The van der Waals surface area contributed by atoms with E-state index < -0.39 is 5.41 Å². The Kier molecular flexibility index (Phi) is 4.95. The first-order valence-electron chi connectivity index (χ1n) is 9.44. The Balaban J connectivity index is 1.57. The van der Waals surface area contributed by atoms with E-state index in [9.17, 15) is 9.18 Å². The normalized spacial score (nSPS) is 20.1. The molecule has 1 N–H and O–H groups in total. The molecule has 27 heavy (non-hydrogen) atoms. The van der Waals surface area contributed by atoms with Gasteiger partial charge in [-0.15, -0.1) is 0 Å². The molecule has 1 aliphatic carbocycles. The number of hydrogen-bond donors (Lipinski definition) is 1. The van der Waals surface area contributed by atoms with Crippen LogP contribution < -0.4 is 5.32 Å². The molecule has 0 radical (unpaired) electrons. The van der Waals surface area contributed by atoms with Crippen molar-refractivity contribution in [2.24, 2.45) is 0 Å². The summed E-state index contributed by atoms with van der Waals surface area (Å²) in [6.07, 6.45) is 2.96. The van der Waals surface area contributed by atoms with E-state index in [2.05, 4.69) is 5.32 Å². The molecule has 4 rings (SSSR count). The SMILES string of the molecule is O=C(NCC1(c2ccccc2Cl)CC1)C1(c2ccccc2F)CCOCC1. The highest BCUT2D eigenvalue weighted by Gasteiger charge is 2.48. The summed E-state index contributed by atoms with van der Waals surface area (Å²) in [5, 5.41) is 3.86. The van der Waals surface area contributed by atoms with E-state index in [1.165, 1.54) is 6.07 Å². The zero-order valence-corrected chi connectivity index (χ0v) is 15.9. The molecule has 0 atom stereocenters. The van der Waals surface area contributed by atoms with Crippen molar-refractivity contribution in [3.05, 3.63) is 70.5 Å². The maximum Gasteiger partial charge on any atom is 0.230 e. The molecule has 1 amide bonds. The van der Waals surface area contributed by atoms with Crippen molar-refractivity contribution in [3.63, 3.8) is 0 Å². The quantitative estimate of drug-likeness (QED) is 0.827. The van der Waals surface area contributed by atoms with Crippen molar-refractivity contribution in [3.8, 4) is 0 Å². The third-order valence-electron chi connectivity index (χ3n) is 6.06. The average molecular weight is 388 g/mol. The largest absolute Gasteiger partial charge is 0.381 e. The van der Waals surface area contributed by atoms with Gasteiger partial charge in [-0.05, 0) is 43.4 Å². The Labute approximate surface area is 163 Å². The van der Waals surface area contributed by atoms with Crippen LogP contribution in [0.4, 0.5) is 4.39 Å². The van der Waals surface area contributed by atoms with E-state index in [0.717, 1.165) is 23.4 Å². The van der Waals surface area contributed by atoms with Gasteiger partial charge in [0.1, 0.15) is 5.82 Å². The molecule has 1 saturated carbocycles. The van der Waals surface area contributed by atoms with Crippen LogP contribution in [-0.2, 0) is 20.4 Å². The van der Waals surface area contributed by atoms with Gasteiger partial charge in [0.05, 0.1) is 5.41 Å². The van der Waals surface area contributed by atoms with Gasteiger partial charge in [-0.3, -0.25) is 4.79 Å². The molecule has 2 fully saturated rings. The third kappa shape index (κ3) is 3.37. The highest BCUT2D eigenvalue weighted by molar-refractivity contribution is 6.31. The number of hydrogen-bond acceptors (Lipinski definition) is 2. The molecule has 142 valence electrons. The van der Waals surface area contributed by atoms with Crippen LogP contribution in [0.2, 0.25) is 5.02 Å². The molecule has 0 bridgehead atoms. The van der Waals surface area contributed by atoms with E-state index >= 15 is 0 Å². The predicted octanol–water partition coefficient (Wildman–Crippen LogP) is 4.38. The highest BCUT2D eigenvalue weighted by atomic mass is 35.5. The Morgan fingerprint density at radius 1 is 1.00 bits per heavy atom. The summed E-state index contributed by atoms with van der Waals surface area (Å²) >= 11 is 6.38. The summed E-state index contributed by atoms with van der Waals surface area (Å²) in [4.78, 5) is 13.3. The number of ether oxygens (including phenoxy) is 1. The van der Waals surface area contributed by atoms with Gasteiger partial charge in [-0.2, -0.15) is 0 Å². The fourth-order valence-electron chi connectivity index (χ4n) is 4.19. The minimum absolute atomic E-state index is 0.102. The zero-order valence-electron chi connectivity index (χ0n) is 15.1. The minimum atomic E-state index is -0.875. The van der Waals surface area contributed by atoms with Crippen LogP contribution in [0.15, 0.2) is 48.5 Å². The first-order chi connectivity index (χ1) is 13.1. The number of carbonyl (C=O) groups excluding carboxylic acids is 1. The van der Waals surface area contributed by atoms with Crippen LogP contribution >= 0.6 is 11.6 Å². The second kappa shape index (κ2) is 7.25. The second-order valence-corrected chi connectivity index (χ2v) is 8.02. The minimum Gasteiger partial charge on any atom is -0.381 e. The molecule has 2 aliphatic rings. The number of benzene rings is 2. The molecule has 0 unspecified atom stereocenters. The molecule has 1 saturated heterocycles. The van der Waals surface area contributed by atoms with E-state index in [1.807, 2.05) is 24.3 Å². The fraction of sp³-hybridized carbons (Fsp3) is 0.409. The summed E-state index contributed by atoms with van der Waals surface area (Å²) in [5.41, 5.74) is 0.572. The molecule has 5 heteroatoms. The molecule has 3 nitrogen and oxygen atoms in total. The smallest absolute Gasteiger partial charge is 0.230 e. The van der Waals surface area contributed by atoms with Crippen molar-refractivity contribution in [1.82, 2.24) is 5.32 Å². The first-order valence-corrected chi connectivity index (χ1v) is 9.81. The van der Waals surface area contributed by atoms with E-state index in [1.54, 1.807) is 18.2 Å². The number of nitrogens with one attached hydrogen (secondary N) is 1. The summed E-state index contributed by atoms with van der Waals surface area (Å²) in [5.74, 6) is -0.448. The first kappa shape index (κ1) is 18.5. The average Bonchev–Trinajstić information content (AvgIpc) is 3.48. The lowest BCUT2D eigenvalue weighted by Crippen LogP contribution is -2.50. The molecular weight excluding hydrogens is 365 g/mol. The topological polar surface area (TPSA) is 38.3 Å². The van der Waals surface area contributed by atoms with E-state index in [0.29, 0.717) is 38.2 Å². The highest BCUT2D eigenvalue weighted by Crippen LogP contribution is 2.50. The predicted molar refractivity (Wildman–Crippen MR) is 104 cm³/mol. The molecule has 1 heterocycles. The third-order valence-corrected chi connectivity index (χ3v) is 6.39. The van der Waals surface area contributed by atoms with Crippen LogP contribution in [0, 0.1) is 5.82 Å². The van der Waals surface area contributed by atoms with Crippen LogP contribution in [0.1, 0.15) is 36.8 Å². The Morgan fingerprint density at radius 3 is 2.26 bits per heavy atom. The molecule has 1 aliphatic heterocycles. The number of halogens is 2. The lowest BCUT2D eigenvalue weighted by Gasteiger charge is -2.37. The van der Waals surface area contributed by atoms with Gasteiger partial charge in [0, 0.05) is 35.8 Å². The van der Waals surface area contributed by atoms with Crippen LogP contribution in [0.5, 0.6) is 0 Å². The standard InChI is InChI=1S/C22H23ClFNO2/c23-18-7-3-1-5-16(18)21(9-10-21)15-25-20(26)22(11-13-27-14-12-22)17-6-2-4-8-19(17)24/h1-8H,9-15H2,(H,25,26). The van der Waals surface area contributed by atoms with Gasteiger partial charge in [0.15, 0.2) is 0 Å². The van der Waals surface area contributed by atoms with Crippen LogP contribution in [0.25, 0.3) is 0 Å². The summed E-state index contributed by atoms with van der Waals surface area (Å²) in [7, 11) is 0. The number of carbonyl (C=O) groups is 1. The lowest BCUT2D eigenvalue weighted by molar-refractivity contribution is -0.130. The summed E-state index contributed by atoms with van der Waals surface area (Å²) in [6, 6.07) is 14.4. The maximum atomic E-state index is 14.5. The van der Waals surface area contributed by atoms with Crippen molar-refractivity contribution in [2.75, 3.05) is 19.8 Å². The molecule has 2 aromatic rings. The van der Waals surface area contributed by atoms with Gasteiger partial charge in [0.25, 0.3) is 0 Å². The van der Waals surface area contributed by atoms with Crippen molar-refractivity contribution in [2.45, 2.75) is 36.5 Å². The Bertz CT molecular complexity index is 844. The monoisotopic (exact) mass is 387 g/mol. The van der Waals surface area contributed by atoms with E-state index in [-0.39, 0.29) is 17.1 Å². The lowest BCUT2D eigenvalue weighted by atomic mass is 9.73. The second-order valence-electron chi connectivity index (χ2n) is 7.62. The Morgan fingerprint density at radius 2 is 1.63 bits per heavy atom. The molecular formula is C22H23ClFNO2. The van der Waals surface area contributed by atoms with Gasteiger partial charge >= 0.3 is 0 Å². The van der Waals surface area contributed by atoms with Gasteiger partial charge in [-0.25, -0.2) is 4.39 Å². The Hall–Kier alpha value is -1.91. The summed E-state index contributed by atoms with van der Waals surface area (Å²) in [6.45, 7) is 1.43. The number of rotatable bonds is 5. The van der Waals surface area contributed by atoms with Gasteiger partial charge in [-0.1, -0.05) is 48.0 Å². The molecule has 0 aromatic heterocycles. The number of amides is 1. The maximum absolute atomic E-state index is 14.5. The van der Waals surface area contributed by atoms with Gasteiger partial charge < -0.3 is 10.1 Å². The van der Waals surface area contributed by atoms with Crippen LogP contribution in [-0.4, -0.2) is 25.7 Å². The van der Waals surface area contributed by atoms with E-state index in [4.69, 9.17) is 16.3 Å². The van der Waals surface area contributed by atoms with Gasteiger partial charge in [0.2, 0.25) is 5.91 Å². The fourth-order valence-corrected chi connectivity index (χ4v) is 4.53. The molecule has 2 aromatic carbocycles. The van der Waals surface area contributed by atoms with Crippen molar-refractivity contribution >= 4 is 17.5 Å². The molecule has 0 spiro atoms. The van der Waals surface area contributed by atoms with Crippen molar-refractivity contribution < 1.29 is 13.9 Å². The summed E-state index contributed by atoms with van der Waals surface area (Å²) < 4.78 is 20.0. The zero-order chi connectivity index (χ0) is 18.9. The van der Waals surface area contributed by atoms with Crippen molar-refractivity contribution in [1.29, 1.82) is 0 Å².